The van der Waals surface area contributed by atoms with Gasteiger partial charge in [-0.3, -0.25) is 4.90 Å². The second kappa shape index (κ2) is 7.81. The van der Waals surface area contributed by atoms with E-state index in [-0.39, 0.29) is 5.82 Å². The van der Waals surface area contributed by atoms with Crippen LogP contribution in [-0.2, 0) is 0 Å². The summed E-state index contributed by atoms with van der Waals surface area (Å²) in [4.78, 5) is 13.1. The first-order chi connectivity index (χ1) is 13.5. The molecule has 0 atom stereocenters. The van der Waals surface area contributed by atoms with E-state index in [0.29, 0.717) is 11.9 Å². The van der Waals surface area contributed by atoms with E-state index in [0.717, 1.165) is 53.5 Å². The van der Waals surface area contributed by atoms with Crippen molar-refractivity contribution in [1.29, 1.82) is 0 Å². The number of piperidine rings is 1. The van der Waals surface area contributed by atoms with Gasteiger partial charge in [0.1, 0.15) is 18.0 Å². The number of nitrogens with zero attached hydrogens (tertiary/aromatic N) is 4. The van der Waals surface area contributed by atoms with Crippen LogP contribution in [0.4, 0.5) is 10.2 Å². The average Bonchev–Trinajstić information content (AvgIpc) is 2.69. The molecule has 0 aliphatic carbocycles. The number of hydrogen-bond acceptors (Lipinski definition) is 5. The van der Waals surface area contributed by atoms with Crippen LogP contribution >= 0.6 is 0 Å². The number of hydrogen-bond donors (Lipinski definition) is 1. The van der Waals surface area contributed by atoms with E-state index in [4.69, 9.17) is 5.73 Å². The smallest absolute Gasteiger partial charge is 0.134 e. The Bertz CT molecular complexity index is 980. The molecule has 2 N–H and O–H groups in total. The van der Waals surface area contributed by atoms with Crippen LogP contribution in [0.1, 0.15) is 18.4 Å². The molecule has 2 heterocycles. The Kier molecular flexibility index (Phi) is 5.24. The Morgan fingerprint density at radius 3 is 2.61 bits per heavy atom. The van der Waals surface area contributed by atoms with Crippen LogP contribution < -0.4 is 5.73 Å². The topological polar surface area (TPSA) is 58.3 Å². The van der Waals surface area contributed by atoms with Gasteiger partial charge < -0.3 is 10.6 Å². The number of benzene rings is 2. The number of halogens is 1. The van der Waals surface area contributed by atoms with E-state index in [9.17, 15) is 4.39 Å². The Hall–Kier alpha value is -2.57. The minimum atomic E-state index is -0.268. The number of nitrogens with two attached hydrogens (primary N) is 1. The molecule has 0 bridgehead atoms. The Morgan fingerprint density at radius 2 is 1.89 bits per heavy atom. The van der Waals surface area contributed by atoms with Crippen LogP contribution in [0.25, 0.3) is 22.0 Å². The summed E-state index contributed by atoms with van der Waals surface area (Å²) in [5.41, 5.74) is 9.40. The van der Waals surface area contributed by atoms with Crippen LogP contribution in [0, 0.1) is 12.4 Å². The van der Waals surface area contributed by atoms with Gasteiger partial charge in [0, 0.05) is 30.1 Å². The first-order valence-corrected chi connectivity index (χ1v) is 9.49. The number of nitrogen functional groups attached to an aromatic ring is 1. The molecule has 6 heteroatoms. The van der Waals surface area contributed by atoms with Gasteiger partial charge in [0.25, 0.3) is 0 Å². The largest absolute Gasteiger partial charge is 0.383 e. The molecule has 0 unspecified atom stereocenters. The maximum absolute atomic E-state index is 13.7. The van der Waals surface area contributed by atoms with E-state index in [1.54, 1.807) is 6.07 Å². The maximum atomic E-state index is 13.7. The SMILES string of the molecule is CN(C)C1CCN([C]c2cc(-c3cccc(F)c3)cc3c(N)ncnc23)CC1. The first-order valence-electron chi connectivity index (χ1n) is 9.49. The summed E-state index contributed by atoms with van der Waals surface area (Å²) in [6, 6.07) is 11.1. The molecule has 2 radical (unpaired) electrons. The quantitative estimate of drug-likeness (QED) is 0.755. The molecule has 1 fully saturated rings. The number of rotatable bonds is 4. The second-order valence-electron chi connectivity index (χ2n) is 7.48. The van der Waals surface area contributed by atoms with Crippen molar-refractivity contribution in [2.24, 2.45) is 0 Å². The summed E-state index contributed by atoms with van der Waals surface area (Å²) in [7, 11) is 4.26. The zero-order chi connectivity index (χ0) is 19.7. The lowest BCUT2D eigenvalue weighted by atomic mass is 9.98. The standard InChI is InChI=1S/C22H24FN5/c1-27(2)19-6-8-28(9-7-19)13-17-10-16(15-4-3-5-18(23)11-15)12-20-21(17)25-14-26-22(20)24/h3-5,10-12,14,19H,6-9H2,1-2H3,(H2,24,25,26). The van der Waals surface area contributed by atoms with Crippen LogP contribution in [-0.4, -0.2) is 53.0 Å². The van der Waals surface area contributed by atoms with Crippen LogP contribution in [0.15, 0.2) is 42.7 Å². The fourth-order valence-corrected chi connectivity index (χ4v) is 3.77. The summed E-state index contributed by atoms with van der Waals surface area (Å²) in [5.74, 6) is 0.146. The molecule has 1 aliphatic heterocycles. The summed E-state index contributed by atoms with van der Waals surface area (Å²) in [5, 5.41) is 0.759. The molecule has 0 amide bonds. The lowest BCUT2D eigenvalue weighted by Gasteiger charge is -2.34. The zero-order valence-electron chi connectivity index (χ0n) is 16.2. The highest BCUT2D eigenvalue weighted by atomic mass is 19.1. The molecule has 4 rings (SSSR count). The minimum absolute atomic E-state index is 0.268. The first kappa shape index (κ1) is 18.8. The Labute approximate surface area is 165 Å². The summed E-state index contributed by atoms with van der Waals surface area (Å²) < 4.78 is 13.7. The predicted molar refractivity (Wildman–Crippen MR) is 110 cm³/mol. The highest BCUT2D eigenvalue weighted by Gasteiger charge is 2.22. The van der Waals surface area contributed by atoms with Crippen molar-refractivity contribution in [2.45, 2.75) is 18.9 Å². The van der Waals surface area contributed by atoms with Gasteiger partial charge in [-0.05, 0) is 62.3 Å². The van der Waals surface area contributed by atoms with Crippen LogP contribution in [0.3, 0.4) is 0 Å². The molecular formula is C22H24FN5. The van der Waals surface area contributed by atoms with Gasteiger partial charge in [-0.25, -0.2) is 14.4 Å². The van der Waals surface area contributed by atoms with E-state index >= 15 is 0 Å². The fraction of sp³-hybridized carbons (Fsp3) is 0.318. The molecule has 28 heavy (non-hydrogen) atoms. The van der Waals surface area contributed by atoms with Crippen LogP contribution in [0.2, 0.25) is 0 Å². The third-order valence-electron chi connectivity index (χ3n) is 5.40. The lowest BCUT2D eigenvalue weighted by Crippen LogP contribution is -2.40. The molecule has 1 saturated heterocycles. The monoisotopic (exact) mass is 377 g/mol. The number of likely N-dealkylation sites (tertiary alicyclic amines) is 1. The van der Waals surface area contributed by atoms with Crippen molar-refractivity contribution in [3.63, 3.8) is 0 Å². The van der Waals surface area contributed by atoms with Crippen LogP contribution in [0.5, 0.6) is 0 Å². The molecule has 5 nitrogen and oxygen atoms in total. The Morgan fingerprint density at radius 1 is 1.11 bits per heavy atom. The van der Waals surface area contributed by atoms with Crippen molar-refractivity contribution in [3.05, 3.63) is 60.7 Å². The molecule has 0 spiro atoms. The zero-order valence-corrected chi connectivity index (χ0v) is 16.2. The van der Waals surface area contributed by atoms with Gasteiger partial charge in [-0.2, -0.15) is 0 Å². The van der Waals surface area contributed by atoms with Crippen molar-refractivity contribution in [1.82, 2.24) is 19.8 Å². The maximum Gasteiger partial charge on any atom is 0.134 e. The third kappa shape index (κ3) is 3.84. The van der Waals surface area contributed by atoms with Gasteiger partial charge in [-0.15, -0.1) is 0 Å². The van der Waals surface area contributed by atoms with Crippen molar-refractivity contribution in [2.75, 3.05) is 32.9 Å². The normalized spacial score (nSPS) is 16.1. The Balaban J connectivity index is 1.70. The molecule has 1 aliphatic rings. The molecular weight excluding hydrogens is 353 g/mol. The third-order valence-corrected chi connectivity index (χ3v) is 5.40. The number of anilines is 1. The number of aromatic nitrogens is 2. The van der Waals surface area contributed by atoms with Crippen molar-refractivity contribution in [3.8, 4) is 11.1 Å². The lowest BCUT2D eigenvalue weighted by molar-refractivity contribution is 0.170. The molecule has 0 saturated carbocycles. The molecule has 3 aromatic rings. The van der Waals surface area contributed by atoms with Gasteiger partial charge in [-0.1, -0.05) is 12.1 Å². The molecule has 1 aromatic heterocycles. The van der Waals surface area contributed by atoms with Crippen molar-refractivity contribution < 1.29 is 4.39 Å². The molecule has 144 valence electrons. The van der Waals surface area contributed by atoms with Gasteiger partial charge in [0.2, 0.25) is 0 Å². The van der Waals surface area contributed by atoms with Gasteiger partial charge >= 0.3 is 0 Å². The summed E-state index contributed by atoms with van der Waals surface area (Å²) >= 11 is 0. The van der Waals surface area contributed by atoms with E-state index in [2.05, 4.69) is 40.4 Å². The highest BCUT2D eigenvalue weighted by molar-refractivity contribution is 5.94. The number of fused-ring (bicyclic) bond motifs is 1. The summed E-state index contributed by atoms with van der Waals surface area (Å²) in [6.45, 7) is 5.39. The predicted octanol–water partition coefficient (Wildman–Crippen LogP) is 3.43. The van der Waals surface area contributed by atoms with Gasteiger partial charge in [0.15, 0.2) is 0 Å². The van der Waals surface area contributed by atoms with E-state index < -0.39 is 0 Å². The van der Waals surface area contributed by atoms with Crippen molar-refractivity contribution >= 4 is 16.7 Å². The highest BCUT2D eigenvalue weighted by Crippen LogP contribution is 2.31. The van der Waals surface area contributed by atoms with E-state index in [1.165, 1.54) is 18.5 Å². The van der Waals surface area contributed by atoms with Gasteiger partial charge in [0.05, 0.1) is 12.1 Å². The second-order valence-corrected chi connectivity index (χ2v) is 7.48. The average molecular weight is 377 g/mol. The summed E-state index contributed by atoms with van der Waals surface area (Å²) in [6.07, 6.45) is 3.67. The molecule has 2 aromatic carbocycles. The van der Waals surface area contributed by atoms with E-state index in [1.807, 2.05) is 18.2 Å². The minimum Gasteiger partial charge on any atom is -0.383 e. The fourth-order valence-electron chi connectivity index (χ4n) is 3.77.